The zero-order valence-electron chi connectivity index (χ0n) is 27.1. The normalized spacial score (nSPS) is 25.6. The van der Waals surface area contributed by atoms with E-state index in [4.69, 9.17) is 0 Å². The van der Waals surface area contributed by atoms with E-state index in [1.54, 1.807) is 25.7 Å². The zero-order valence-corrected chi connectivity index (χ0v) is 27.1. The maximum absolute atomic E-state index is 2.38. The van der Waals surface area contributed by atoms with Crippen LogP contribution in [0.25, 0.3) is 0 Å². The van der Waals surface area contributed by atoms with Gasteiger partial charge in [-0.2, -0.15) is 0 Å². The van der Waals surface area contributed by atoms with Gasteiger partial charge < -0.3 is 0 Å². The van der Waals surface area contributed by atoms with Crippen LogP contribution in [0.15, 0.2) is 0 Å². The first-order valence-electron chi connectivity index (χ1n) is 16.0. The molecule has 3 aliphatic rings. The van der Waals surface area contributed by atoms with E-state index in [9.17, 15) is 0 Å². The third-order valence-electron chi connectivity index (χ3n) is 7.17. The monoisotopic (exact) mass is 483 g/mol. The topological polar surface area (TPSA) is 0 Å². The minimum Gasteiger partial charge on any atom is -0.0683 e. The molecule has 34 heavy (non-hydrogen) atoms. The van der Waals surface area contributed by atoms with Crippen molar-refractivity contribution in [3.05, 3.63) is 0 Å². The SMILES string of the molecule is C1CCC2CCCCC2C1.CC.CC.CC(C)C.CC(C)C.CC(C)C1CCC(C(C)C)CC1. The lowest BCUT2D eigenvalue weighted by Crippen LogP contribution is -2.22. The average Bonchev–Trinajstić information content (AvgIpc) is 2.81. The van der Waals surface area contributed by atoms with Gasteiger partial charge >= 0.3 is 0 Å². The molecule has 0 atom stereocenters. The maximum atomic E-state index is 2.38. The second kappa shape index (κ2) is 26.1. The summed E-state index contributed by atoms with van der Waals surface area (Å²) in [5.41, 5.74) is 0. The predicted molar refractivity (Wildman–Crippen MR) is 163 cm³/mol. The fraction of sp³-hybridized carbons (Fsp3) is 1.00. The fourth-order valence-electron chi connectivity index (χ4n) is 5.34. The third kappa shape index (κ3) is 23.7. The minimum absolute atomic E-state index is 0.833. The molecule has 0 heteroatoms. The second-order valence-electron chi connectivity index (χ2n) is 12.7. The molecule has 0 spiro atoms. The van der Waals surface area contributed by atoms with Gasteiger partial charge in [-0.25, -0.2) is 0 Å². The van der Waals surface area contributed by atoms with E-state index < -0.39 is 0 Å². The number of rotatable bonds is 2. The Bertz CT molecular complexity index is 303. The molecule has 0 bridgehead atoms. The molecule has 0 nitrogen and oxygen atoms in total. The largest absolute Gasteiger partial charge is 0.0683 e. The number of fused-ring (bicyclic) bond motifs is 1. The van der Waals surface area contributed by atoms with Crippen molar-refractivity contribution in [1.82, 2.24) is 0 Å². The highest BCUT2D eigenvalue weighted by Gasteiger charge is 2.27. The summed E-state index contributed by atoms with van der Waals surface area (Å²) in [7, 11) is 0. The summed E-state index contributed by atoms with van der Waals surface area (Å²) < 4.78 is 0. The van der Waals surface area contributed by atoms with Crippen LogP contribution >= 0.6 is 0 Å². The molecule has 3 saturated carbocycles. The standard InChI is InChI=1S/C12H24.C10H18.2C4H10.2C2H6/c1-9(2)11-5-7-12(8-6-11)10(3)4;1-2-6-10-8-4-3-7-9(10)5-1;2*1-4(2)3;2*1-2/h9-12H,5-8H2,1-4H3;9-10H,1-8H2;2*4H,1-3H3;2*1-2H3. The third-order valence-corrected chi connectivity index (χ3v) is 7.17. The lowest BCUT2D eigenvalue weighted by Gasteiger charge is -2.35. The lowest BCUT2D eigenvalue weighted by molar-refractivity contribution is 0.171. The minimum atomic E-state index is 0.833. The first-order valence-corrected chi connectivity index (χ1v) is 16.0. The molecule has 0 unspecified atom stereocenters. The first kappa shape index (κ1) is 38.5. The van der Waals surface area contributed by atoms with Crippen molar-refractivity contribution in [2.24, 2.45) is 47.3 Å². The van der Waals surface area contributed by atoms with Gasteiger partial charge in [-0.3, -0.25) is 0 Å². The Balaban J connectivity index is -0.000000393. The van der Waals surface area contributed by atoms with Crippen LogP contribution in [0.5, 0.6) is 0 Å². The Kier molecular flexibility index (Phi) is 29.5. The summed E-state index contributed by atoms with van der Waals surface area (Å²) in [5, 5.41) is 0. The highest BCUT2D eigenvalue weighted by atomic mass is 14.3. The molecular formula is C34H74. The van der Waals surface area contributed by atoms with Crippen LogP contribution in [-0.2, 0) is 0 Å². The second-order valence-corrected chi connectivity index (χ2v) is 12.7. The Labute approximate surface area is 221 Å². The van der Waals surface area contributed by atoms with Gasteiger partial charge in [-0.05, 0) is 73.0 Å². The van der Waals surface area contributed by atoms with Gasteiger partial charge in [0.05, 0.1) is 0 Å². The molecule has 0 amide bonds. The summed E-state index contributed by atoms with van der Waals surface area (Å²) in [5.74, 6) is 7.86. The van der Waals surface area contributed by atoms with Crippen molar-refractivity contribution in [2.45, 2.75) is 174 Å². The van der Waals surface area contributed by atoms with Crippen LogP contribution in [0.2, 0.25) is 0 Å². The number of hydrogen-bond donors (Lipinski definition) is 0. The van der Waals surface area contributed by atoms with Crippen molar-refractivity contribution in [2.75, 3.05) is 0 Å². The number of hydrogen-bond acceptors (Lipinski definition) is 0. The molecule has 0 N–H and O–H groups in total. The zero-order chi connectivity index (χ0) is 27.1. The quantitative estimate of drug-likeness (QED) is 0.367. The van der Waals surface area contributed by atoms with E-state index in [0.29, 0.717) is 0 Å². The summed E-state index contributed by atoms with van der Waals surface area (Å²) in [6.45, 7) is 30.5. The molecule has 0 radical (unpaired) electrons. The molecule has 3 fully saturated rings. The average molecular weight is 483 g/mol. The fourth-order valence-corrected chi connectivity index (χ4v) is 5.34. The van der Waals surface area contributed by atoms with Crippen molar-refractivity contribution >= 4 is 0 Å². The Morgan fingerprint density at radius 1 is 0.353 bits per heavy atom. The molecule has 3 rings (SSSR count). The molecule has 0 saturated heterocycles. The van der Waals surface area contributed by atoms with Crippen LogP contribution in [0.1, 0.15) is 174 Å². The summed E-state index contributed by atoms with van der Waals surface area (Å²) >= 11 is 0. The smallest absolute Gasteiger partial charge is 0.0386 e. The van der Waals surface area contributed by atoms with Gasteiger partial charge in [-0.15, -0.1) is 0 Å². The van der Waals surface area contributed by atoms with Crippen LogP contribution in [0.4, 0.5) is 0 Å². The molecule has 0 aromatic carbocycles. The highest BCUT2D eigenvalue weighted by molar-refractivity contribution is 4.79. The summed E-state index contributed by atoms with van der Waals surface area (Å²) in [6, 6.07) is 0. The van der Waals surface area contributed by atoms with E-state index >= 15 is 0 Å². The molecule has 0 aromatic rings. The summed E-state index contributed by atoms with van der Waals surface area (Å²) in [6.07, 6.45) is 18.3. The molecule has 0 aromatic heterocycles. The van der Waals surface area contributed by atoms with Crippen LogP contribution in [0.3, 0.4) is 0 Å². The van der Waals surface area contributed by atoms with Gasteiger partial charge in [0, 0.05) is 0 Å². The van der Waals surface area contributed by atoms with Crippen molar-refractivity contribution < 1.29 is 0 Å². The predicted octanol–water partition coefficient (Wildman–Crippen LogP) is 12.8. The van der Waals surface area contributed by atoms with Crippen LogP contribution in [-0.4, -0.2) is 0 Å². The van der Waals surface area contributed by atoms with Crippen molar-refractivity contribution in [1.29, 1.82) is 0 Å². The molecule has 0 aliphatic heterocycles. The molecule has 210 valence electrons. The van der Waals surface area contributed by atoms with Gasteiger partial charge in [0.2, 0.25) is 0 Å². The molecule has 0 heterocycles. The van der Waals surface area contributed by atoms with E-state index in [1.807, 2.05) is 27.7 Å². The maximum Gasteiger partial charge on any atom is -0.0386 e. The summed E-state index contributed by atoms with van der Waals surface area (Å²) in [4.78, 5) is 0. The van der Waals surface area contributed by atoms with Crippen LogP contribution in [0, 0.1) is 47.3 Å². The van der Waals surface area contributed by atoms with E-state index in [-0.39, 0.29) is 0 Å². The molecule has 3 aliphatic carbocycles. The van der Waals surface area contributed by atoms with E-state index in [1.165, 1.54) is 51.4 Å². The van der Waals surface area contributed by atoms with Crippen LogP contribution < -0.4 is 0 Å². The van der Waals surface area contributed by atoms with E-state index in [2.05, 4.69) is 69.2 Å². The first-order chi connectivity index (χ1) is 16.0. The highest BCUT2D eigenvalue weighted by Crippen LogP contribution is 2.40. The van der Waals surface area contributed by atoms with E-state index in [0.717, 1.165) is 47.3 Å². The van der Waals surface area contributed by atoms with Gasteiger partial charge in [-0.1, -0.05) is 148 Å². The Morgan fingerprint density at radius 3 is 0.676 bits per heavy atom. The Hall–Kier alpha value is 0. The van der Waals surface area contributed by atoms with Gasteiger partial charge in [0.25, 0.3) is 0 Å². The van der Waals surface area contributed by atoms with Crippen molar-refractivity contribution in [3.63, 3.8) is 0 Å². The Morgan fingerprint density at radius 2 is 0.529 bits per heavy atom. The van der Waals surface area contributed by atoms with Crippen molar-refractivity contribution in [3.8, 4) is 0 Å². The van der Waals surface area contributed by atoms with Gasteiger partial charge in [0.15, 0.2) is 0 Å². The lowest BCUT2D eigenvalue weighted by atomic mass is 9.71. The molecular weight excluding hydrogens is 408 g/mol. The van der Waals surface area contributed by atoms with Gasteiger partial charge in [0.1, 0.15) is 0 Å².